The zero-order valence-electron chi connectivity index (χ0n) is 30.3. The molecule has 3 saturated heterocycles. The topological polar surface area (TPSA) is 119 Å². The van der Waals surface area contributed by atoms with E-state index in [-0.39, 0.29) is 39.6 Å². The summed E-state index contributed by atoms with van der Waals surface area (Å²) in [4.78, 5) is 14.2. The summed E-state index contributed by atoms with van der Waals surface area (Å²) in [6.45, 7) is 4.81. The number of methoxy groups -OCH3 is 1. The molecule has 0 aromatic heterocycles. The molecule has 1 spiro atoms. The Morgan fingerprint density at radius 2 is 1.43 bits per heavy atom. The standard InChI is InChI=1S/C41H48O12/c1-40(2)48-26-33(51-40)34(47-27-43-3)31-20-13-21-41(52-31)39(42)50-35-32(25-44-22-28-14-7-4-8-15-28)49-38(46-24-30-18-11-6-12-19-30)37(36(35)53-41)45-23-29-16-9-5-10-17-29/h4-20,31-38H,21-27H2,1-3H3/t31-,32-,33-,34-,35+,36+,37-,38-,41+/m1/s1. The molecular weight excluding hydrogens is 684 g/mol. The summed E-state index contributed by atoms with van der Waals surface area (Å²) in [7, 11) is 1.53. The highest BCUT2D eigenvalue weighted by molar-refractivity contribution is 5.79. The molecule has 0 amide bonds. The van der Waals surface area contributed by atoms with Crippen LogP contribution in [0.25, 0.3) is 0 Å². The van der Waals surface area contributed by atoms with E-state index in [1.165, 1.54) is 7.11 Å². The Bertz CT molecular complexity index is 1620. The molecule has 0 unspecified atom stereocenters. The molecule has 3 fully saturated rings. The van der Waals surface area contributed by atoms with Crippen molar-refractivity contribution in [3.05, 3.63) is 120 Å². The van der Waals surface area contributed by atoms with Gasteiger partial charge in [-0.1, -0.05) is 103 Å². The van der Waals surface area contributed by atoms with E-state index in [9.17, 15) is 4.79 Å². The van der Waals surface area contributed by atoms with Gasteiger partial charge in [0.1, 0.15) is 43.4 Å². The van der Waals surface area contributed by atoms with Crippen LogP contribution in [0.2, 0.25) is 0 Å². The van der Waals surface area contributed by atoms with E-state index >= 15 is 0 Å². The Kier molecular flexibility index (Phi) is 12.3. The maximum atomic E-state index is 14.2. The van der Waals surface area contributed by atoms with Gasteiger partial charge in [0.25, 0.3) is 5.79 Å². The number of ether oxygens (including phenoxy) is 11. The lowest BCUT2D eigenvalue weighted by molar-refractivity contribution is -0.387. The SMILES string of the molecule is COCO[C@H]([C@H]1C=CC[C@@]2(O[C@H]3[C@@H](OC2=O)[C@@H](COCc2ccccc2)O[C@@H](OCc2ccccc2)[C@@H]3OCc2ccccc2)O1)[C@H]1COC(C)(C)O1. The molecule has 9 atom stereocenters. The molecule has 0 N–H and O–H groups in total. The smallest absolute Gasteiger partial charge is 0.367 e. The summed E-state index contributed by atoms with van der Waals surface area (Å²) >= 11 is 0. The van der Waals surface area contributed by atoms with Crippen LogP contribution in [0.1, 0.15) is 37.0 Å². The summed E-state index contributed by atoms with van der Waals surface area (Å²) in [6.07, 6.45) is -2.49. The van der Waals surface area contributed by atoms with Crippen LogP contribution in [0.15, 0.2) is 103 Å². The Labute approximate surface area is 310 Å². The van der Waals surface area contributed by atoms with Gasteiger partial charge in [0.15, 0.2) is 18.2 Å². The van der Waals surface area contributed by atoms with Crippen molar-refractivity contribution in [3.8, 4) is 0 Å². The number of rotatable bonds is 15. The molecule has 12 nitrogen and oxygen atoms in total. The quantitative estimate of drug-likeness (QED) is 0.116. The number of benzene rings is 3. The van der Waals surface area contributed by atoms with Gasteiger partial charge in [-0.3, -0.25) is 0 Å². The Hall–Kier alpha value is -3.53. The van der Waals surface area contributed by atoms with Gasteiger partial charge < -0.3 is 52.1 Å². The number of carbonyl (C=O) groups is 1. The first-order valence-corrected chi connectivity index (χ1v) is 18.1. The van der Waals surface area contributed by atoms with Gasteiger partial charge in [0.05, 0.1) is 33.0 Å². The first kappa shape index (κ1) is 37.8. The number of hydrogen-bond donors (Lipinski definition) is 0. The second kappa shape index (κ2) is 17.3. The molecule has 4 aliphatic heterocycles. The summed E-state index contributed by atoms with van der Waals surface area (Å²) in [5, 5.41) is 0. The third kappa shape index (κ3) is 9.23. The van der Waals surface area contributed by atoms with Gasteiger partial charge in [-0.25, -0.2) is 4.79 Å². The third-order valence-corrected chi connectivity index (χ3v) is 9.55. The minimum absolute atomic E-state index is 0.0283. The fraction of sp³-hybridized carbons (Fsp3) is 0.488. The van der Waals surface area contributed by atoms with Gasteiger partial charge >= 0.3 is 5.97 Å². The molecule has 3 aromatic carbocycles. The lowest BCUT2D eigenvalue weighted by Crippen LogP contribution is -2.70. The minimum Gasteiger partial charge on any atom is -0.453 e. The van der Waals surface area contributed by atoms with E-state index in [0.717, 1.165) is 16.7 Å². The van der Waals surface area contributed by atoms with Crippen molar-refractivity contribution in [2.75, 3.05) is 27.1 Å². The van der Waals surface area contributed by atoms with Gasteiger partial charge in [-0.2, -0.15) is 0 Å². The van der Waals surface area contributed by atoms with Gasteiger partial charge in [0.2, 0.25) is 0 Å². The summed E-state index contributed by atoms with van der Waals surface area (Å²) < 4.78 is 68.9. The van der Waals surface area contributed by atoms with Crippen LogP contribution in [-0.4, -0.2) is 93.7 Å². The van der Waals surface area contributed by atoms with E-state index in [4.69, 9.17) is 52.1 Å². The molecule has 284 valence electrons. The second-order valence-electron chi connectivity index (χ2n) is 13.9. The number of fused-ring (bicyclic) bond motifs is 1. The van der Waals surface area contributed by atoms with Crippen LogP contribution in [0, 0.1) is 0 Å². The van der Waals surface area contributed by atoms with Crippen LogP contribution < -0.4 is 0 Å². The molecule has 0 radical (unpaired) electrons. The highest BCUT2D eigenvalue weighted by Gasteiger charge is 2.61. The van der Waals surface area contributed by atoms with E-state index in [2.05, 4.69) is 0 Å². The molecule has 53 heavy (non-hydrogen) atoms. The fourth-order valence-corrected chi connectivity index (χ4v) is 6.95. The van der Waals surface area contributed by atoms with Crippen molar-refractivity contribution in [1.29, 1.82) is 0 Å². The predicted octanol–water partition coefficient (Wildman–Crippen LogP) is 5.22. The van der Waals surface area contributed by atoms with Crippen LogP contribution in [0.4, 0.5) is 0 Å². The Morgan fingerprint density at radius 1 is 0.792 bits per heavy atom. The van der Waals surface area contributed by atoms with Crippen molar-refractivity contribution in [1.82, 2.24) is 0 Å². The summed E-state index contributed by atoms with van der Waals surface area (Å²) in [5.74, 6) is -3.33. The molecule has 3 aromatic rings. The number of hydrogen-bond acceptors (Lipinski definition) is 12. The van der Waals surface area contributed by atoms with Gasteiger partial charge in [-0.05, 0) is 30.5 Å². The van der Waals surface area contributed by atoms with Crippen molar-refractivity contribution >= 4 is 5.97 Å². The van der Waals surface area contributed by atoms with Crippen LogP contribution >= 0.6 is 0 Å². The molecule has 12 heteroatoms. The van der Waals surface area contributed by atoms with Crippen LogP contribution in [0.5, 0.6) is 0 Å². The Balaban J connectivity index is 1.17. The van der Waals surface area contributed by atoms with Gasteiger partial charge in [-0.15, -0.1) is 0 Å². The average molecular weight is 733 g/mol. The monoisotopic (exact) mass is 732 g/mol. The fourth-order valence-electron chi connectivity index (χ4n) is 6.95. The molecule has 7 rings (SSSR count). The molecule has 4 heterocycles. The van der Waals surface area contributed by atoms with E-state index < -0.39 is 66.6 Å². The molecule has 0 aliphatic carbocycles. The van der Waals surface area contributed by atoms with Crippen molar-refractivity contribution in [3.63, 3.8) is 0 Å². The number of carbonyl (C=O) groups excluding carboxylic acids is 1. The first-order valence-electron chi connectivity index (χ1n) is 18.1. The maximum absolute atomic E-state index is 14.2. The highest BCUT2D eigenvalue weighted by atomic mass is 16.8. The van der Waals surface area contributed by atoms with Crippen molar-refractivity contribution < 1.29 is 56.9 Å². The second-order valence-corrected chi connectivity index (χ2v) is 13.9. The number of esters is 1. The summed E-state index contributed by atoms with van der Waals surface area (Å²) in [6, 6.07) is 29.4. The lowest BCUT2D eigenvalue weighted by atomic mass is 9.94. The molecule has 0 bridgehead atoms. The van der Waals surface area contributed by atoms with Crippen molar-refractivity contribution in [2.45, 2.75) is 101 Å². The minimum atomic E-state index is -1.82. The van der Waals surface area contributed by atoms with Crippen LogP contribution in [-0.2, 0) is 76.7 Å². The van der Waals surface area contributed by atoms with Crippen LogP contribution in [0.3, 0.4) is 0 Å². The van der Waals surface area contributed by atoms with E-state index in [0.29, 0.717) is 6.61 Å². The van der Waals surface area contributed by atoms with Gasteiger partial charge in [0, 0.05) is 13.5 Å². The largest absolute Gasteiger partial charge is 0.453 e. The van der Waals surface area contributed by atoms with E-state index in [1.54, 1.807) is 0 Å². The zero-order chi connectivity index (χ0) is 36.7. The first-order chi connectivity index (χ1) is 25.8. The zero-order valence-corrected chi connectivity index (χ0v) is 30.3. The lowest BCUT2D eigenvalue weighted by Gasteiger charge is -2.52. The van der Waals surface area contributed by atoms with Crippen molar-refractivity contribution in [2.24, 2.45) is 0 Å². The Morgan fingerprint density at radius 3 is 2.06 bits per heavy atom. The van der Waals surface area contributed by atoms with E-state index in [1.807, 2.05) is 117 Å². The molecule has 4 aliphatic rings. The molecular formula is C41H48O12. The third-order valence-electron chi connectivity index (χ3n) is 9.55. The summed E-state index contributed by atoms with van der Waals surface area (Å²) in [5.41, 5.74) is 2.89. The highest BCUT2D eigenvalue weighted by Crippen LogP contribution is 2.42. The average Bonchev–Trinajstić information content (AvgIpc) is 3.54. The molecule has 0 saturated carbocycles. The predicted molar refractivity (Wildman–Crippen MR) is 189 cm³/mol. The maximum Gasteiger partial charge on any atom is 0.367 e. The normalized spacial score (nSPS) is 31.2.